The highest BCUT2D eigenvalue weighted by atomic mass is 16.6. The largest absolute Gasteiger partial charge is 0.478 e. The molecule has 0 saturated carbocycles. The number of carbonyl (C=O) groups excluding carboxylic acids is 2. The fraction of sp³-hybridized carbons (Fsp3) is 0.833. The Labute approximate surface area is 138 Å². The summed E-state index contributed by atoms with van der Waals surface area (Å²) in [6.07, 6.45) is 11.8. The lowest BCUT2D eigenvalue weighted by molar-refractivity contribution is -0.176. The van der Waals surface area contributed by atoms with Crippen LogP contribution in [-0.4, -0.2) is 28.9 Å². The fourth-order valence-corrected chi connectivity index (χ4v) is 3.25. The van der Waals surface area contributed by atoms with Crippen molar-refractivity contribution in [1.29, 1.82) is 0 Å². The van der Waals surface area contributed by atoms with Gasteiger partial charge >= 0.3 is 11.9 Å². The Kier molecular flexibility index (Phi) is 8.89. The van der Waals surface area contributed by atoms with Gasteiger partial charge in [-0.3, -0.25) is 4.79 Å². The van der Waals surface area contributed by atoms with Crippen molar-refractivity contribution in [3.8, 4) is 0 Å². The minimum absolute atomic E-state index is 0.0778. The number of ether oxygens (including phenoxy) is 1. The Hall–Kier alpha value is -1.39. The minimum Gasteiger partial charge on any atom is -0.478 e. The van der Waals surface area contributed by atoms with Crippen LogP contribution in [0.1, 0.15) is 84.0 Å². The average Bonchev–Trinajstić information content (AvgIpc) is 2.92. The third-order valence-electron chi connectivity index (χ3n) is 4.74. The third kappa shape index (κ3) is 5.96. The first-order valence-corrected chi connectivity index (χ1v) is 8.97. The van der Waals surface area contributed by atoms with Gasteiger partial charge in [0.1, 0.15) is 6.29 Å². The number of cyclic esters (lactones) is 1. The summed E-state index contributed by atoms with van der Waals surface area (Å²) in [5, 5.41) is 9.39. The van der Waals surface area contributed by atoms with Gasteiger partial charge in [0.25, 0.3) is 0 Å². The molecule has 1 rings (SSSR count). The van der Waals surface area contributed by atoms with Crippen molar-refractivity contribution in [2.75, 3.05) is 0 Å². The zero-order valence-corrected chi connectivity index (χ0v) is 14.2. The number of rotatable bonds is 13. The molecule has 0 radical (unpaired) electrons. The second-order valence-electron chi connectivity index (χ2n) is 6.53. The number of hydrogen-bond donors (Lipinski definition) is 1. The van der Waals surface area contributed by atoms with E-state index in [0.717, 1.165) is 19.3 Å². The highest BCUT2D eigenvalue weighted by Crippen LogP contribution is 2.36. The smallest absolute Gasteiger partial charge is 0.348 e. The van der Waals surface area contributed by atoms with Gasteiger partial charge in [0, 0.05) is 12.8 Å². The summed E-state index contributed by atoms with van der Waals surface area (Å²) < 4.78 is 5.03. The van der Waals surface area contributed by atoms with Crippen molar-refractivity contribution in [3.63, 3.8) is 0 Å². The molecule has 0 bridgehead atoms. The van der Waals surface area contributed by atoms with E-state index in [1.54, 1.807) is 0 Å². The molecule has 1 N–H and O–H groups in total. The van der Waals surface area contributed by atoms with E-state index >= 15 is 0 Å². The van der Waals surface area contributed by atoms with E-state index in [9.17, 15) is 19.5 Å². The van der Waals surface area contributed by atoms with E-state index in [1.165, 1.54) is 38.5 Å². The molecule has 2 unspecified atom stereocenters. The molecule has 0 amide bonds. The Morgan fingerprint density at radius 1 is 1.17 bits per heavy atom. The van der Waals surface area contributed by atoms with Crippen LogP contribution in [0.3, 0.4) is 0 Å². The van der Waals surface area contributed by atoms with Gasteiger partial charge in [0.2, 0.25) is 5.60 Å². The van der Waals surface area contributed by atoms with Crippen LogP contribution in [0.5, 0.6) is 0 Å². The summed E-state index contributed by atoms with van der Waals surface area (Å²) >= 11 is 0. The summed E-state index contributed by atoms with van der Waals surface area (Å²) in [5.74, 6) is -2.46. The van der Waals surface area contributed by atoms with E-state index < -0.39 is 23.5 Å². The molecule has 5 heteroatoms. The maximum absolute atomic E-state index is 11.5. The van der Waals surface area contributed by atoms with Crippen LogP contribution in [0.15, 0.2) is 0 Å². The van der Waals surface area contributed by atoms with Crippen molar-refractivity contribution < 1.29 is 24.2 Å². The highest BCUT2D eigenvalue weighted by molar-refractivity contribution is 5.88. The van der Waals surface area contributed by atoms with Crippen molar-refractivity contribution >= 4 is 18.2 Å². The molecule has 132 valence electrons. The number of carboxylic acids is 1. The third-order valence-corrected chi connectivity index (χ3v) is 4.74. The number of unbranched alkanes of at least 4 members (excludes halogenated alkanes) is 8. The summed E-state index contributed by atoms with van der Waals surface area (Å²) in [6.45, 7) is 2.20. The van der Waals surface area contributed by atoms with Crippen LogP contribution >= 0.6 is 0 Å². The van der Waals surface area contributed by atoms with E-state index in [1.807, 2.05) is 0 Å². The molecule has 1 heterocycles. The van der Waals surface area contributed by atoms with Crippen molar-refractivity contribution in [3.05, 3.63) is 0 Å². The lowest BCUT2D eigenvalue weighted by Gasteiger charge is -2.28. The molecule has 0 aromatic rings. The van der Waals surface area contributed by atoms with Crippen LogP contribution in [0, 0.1) is 5.92 Å². The van der Waals surface area contributed by atoms with Crippen molar-refractivity contribution in [1.82, 2.24) is 0 Å². The average molecular weight is 326 g/mol. The minimum atomic E-state index is -1.63. The molecular formula is C18H30O5. The topological polar surface area (TPSA) is 80.7 Å². The van der Waals surface area contributed by atoms with E-state index in [2.05, 4.69) is 6.92 Å². The first-order valence-electron chi connectivity index (χ1n) is 8.97. The molecule has 0 aliphatic carbocycles. The lowest BCUT2D eigenvalue weighted by Crippen LogP contribution is -2.46. The Balaban J connectivity index is 2.27. The molecule has 1 aliphatic rings. The highest BCUT2D eigenvalue weighted by Gasteiger charge is 2.53. The predicted molar refractivity (Wildman–Crippen MR) is 87.1 cm³/mol. The van der Waals surface area contributed by atoms with Crippen LogP contribution in [0.4, 0.5) is 0 Å². The standard InChI is InChI=1S/C18H30O5/c1-2-3-4-5-6-7-8-9-10-11-15(14-19)18(17(21)22)13-12-16(20)23-18/h14-15H,2-13H2,1H3,(H,21,22). The lowest BCUT2D eigenvalue weighted by atomic mass is 9.82. The van der Waals surface area contributed by atoms with Gasteiger partial charge in [-0.05, 0) is 6.42 Å². The van der Waals surface area contributed by atoms with Crippen molar-refractivity contribution in [2.24, 2.45) is 5.92 Å². The van der Waals surface area contributed by atoms with Gasteiger partial charge in [-0.25, -0.2) is 4.79 Å². The number of hydrogen-bond acceptors (Lipinski definition) is 4. The van der Waals surface area contributed by atoms with E-state index in [-0.39, 0.29) is 12.8 Å². The molecule has 0 aromatic carbocycles. The zero-order chi connectivity index (χ0) is 17.1. The van der Waals surface area contributed by atoms with Crippen LogP contribution in [0.2, 0.25) is 0 Å². The maximum atomic E-state index is 11.5. The molecule has 0 spiro atoms. The molecule has 2 atom stereocenters. The zero-order valence-electron chi connectivity index (χ0n) is 14.2. The normalized spacial score (nSPS) is 21.9. The number of carbonyl (C=O) groups is 3. The number of aliphatic carboxylic acids is 1. The van der Waals surface area contributed by atoms with E-state index in [4.69, 9.17) is 4.74 Å². The molecule has 1 saturated heterocycles. The summed E-state index contributed by atoms with van der Waals surface area (Å²) in [4.78, 5) is 34.1. The molecule has 1 fully saturated rings. The van der Waals surface area contributed by atoms with Gasteiger partial charge in [-0.2, -0.15) is 0 Å². The Morgan fingerprint density at radius 3 is 2.17 bits per heavy atom. The first kappa shape index (κ1) is 19.7. The molecular weight excluding hydrogens is 296 g/mol. The number of aldehydes is 1. The first-order chi connectivity index (χ1) is 11.1. The second kappa shape index (κ2) is 10.4. The fourth-order valence-electron chi connectivity index (χ4n) is 3.25. The van der Waals surface area contributed by atoms with Crippen LogP contribution < -0.4 is 0 Å². The van der Waals surface area contributed by atoms with Crippen molar-refractivity contribution in [2.45, 2.75) is 89.6 Å². The van der Waals surface area contributed by atoms with E-state index in [0.29, 0.717) is 12.7 Å². The SMILES string of the molecule is CCCCCCCCCCCC(C=O)C1(C(=O)O)CCC(=O)O1. The van der Waals surface area contributed by atoms with Gasteiger partial charge in [-0.15, -0.1) is 0 Å². The van der Waals surface area contributed by atoms with Crippen LogP contribution in [-0.2, 0) is 19.1 Å². The summed E-state index contributed by atoms with van der Waals surface area (Å²) in [5.41, 5.74) is -1.63. The Bertz CT molecular complexity index is 393. The molecule has 0 aromatic heterocycles. The summed E-state index contributed by atoms with van der Waals surface area (Å²) in [6, 6.07) is 0. The number of carboxylic acid groups (broad SMARTS) is 1. The second-order valence-corrected chi connectivity index (χ2v) is 6.53. The molecule has 23 heavy (non-hydrogen) atoms. The van der Waals surface area contributed by atoms with Gasteiger partial charge < -0.3 is 14.6 Å². The van der Waals surface area contributed by atoms with Gasteiger partial charge in [0.15, 0.2) is 0 Å². The molecule has 5 nitrogen and oxygen atoms in total. The van der Waals surface area contributed by atoms with Gasteiger partial charge in [-0.1, -0.05) is 64.7 Å². The predicted octanol–water partition coefficient (Wildman–Crippen LogP) is 3.88. The van der Waals surface area contributed by atoms with Crippen LogP contribution in [0.25, 0.3) is 0 Å². The summed E-state index contributed by atoms with van der Waals surface area (Å²) in [7, 11) is 0. The maximum Gasteiger partial charge on any atom is 0.348 e. The number of esters is 1. The van der Waals surface area contributed by atoms with Gasteiger partial charge in [0.05, 0.1) is 5.92 Å². The quantitative estimate of drug-likeness (QED) is 0.315. The Morgan fingerprint density at radius 2 is 1.74 bits per heavy atom. The molecule has 1 aliphatic heterocycles. The monoisotopic (exact) mass is 326 g/mol.